The lowest BCUT2D eigenvalue weighted by atomic mass is 10.1. The van der Waals surface area contributed by atoms with Crippen molar-refractivity contribution >= 4 is 32.9 Å². The molecule has 28 heavy (non-hydrogen) atoms. The molecule has 0 saturated carbocycles. The van der Waals surface area contributed by atoms with Crippen LogP contribution in [0.25, 0.3) is 28.4 Å². The summed E-state index contributed by atoms with van der Waals surface area (Å²) < 4.78 is 6.83. The maximum Gasteiger partial charge on any atom is 0.259 e. The second kappa shape index (κ2) is 8.23. The predicted octanol–water partition coefficient (Wildman–Crippen LogP) is 5.44. The van der Waals surface area contributed by atoms with Crippen LogP contribution in [0.5, 0.6) is 5.75 Å². The molecular weight excluding hydrogens is 416 g/mol. The van der Waals surface area contributed by atoms with Crippen LogP contribution >= 0.6 is 15.9 Å². The highest BCUT2D eigenvalue weighted by Crippen LogP contribution is 2.31. The van der Waals surface area contributed by atoms with E-state index in [1.807, 2.05) is 78.9 Å². The van der Waals surface area contributed by atoms with E-state index in [1.165, 1.54) is 0 Å². The fourth-order valence-electron chi connectivity index (χ4n) is 2.91. The molecular formula is C23H17BrN2O2. The van der Waals surface area contributed by atoms with Crippen LogP contribution in [0, 0.1) is 0 Å². The summed E-state index contributed by atoms with van der Waals surface area (Å²) >= 11 is 3.48. The number of nitrogens with zero attached hydrogens (tertiary/aromatic N) is 1. The van der Waals surface area contributed by atoms with Crippen LogP contribution in [0.15, 0.2) is 88.1 Å². The number of benzene rings is 3. The van der Waals surface area contributed by atoms with E-state index in [0.29, 0.717) is 29.1 Å². The molecule has 0 unspecified atom stereocenters. The van der Waals surface area contributed by atoms with Gasteiger partial charge >= 0.3 is 0 Å². The van der Waals surface area contributed by atoms with Crippen molar-refractivity contribution in [2.75, 3.05) is 6.61 Å². The Morgan fingerprint density at radius 1 is 1.00 bits per heavy atom. The van der Waals surface area contributed by atoms with Crippen molar-refractivity contribution in [2.45, 2.75) is 0 Å². The minimum atomic E-state index is -0.171. The summed E-state index contributed by atoms with van der Waals surface area (Å²) in [4.78, 5) is 19.9. The zero-order valence-corrected chi connectivity index (χ0v) is 16.5. The molecule has 0 atom stereocenters. The molecule has 1 aromatic heterocycles. The molecule has 5 heteroatoms. The number of rotatable bonds is 5. The fourth-order valence-corrected chi connectivity index (χ4v) is 3.27. The molecule has 0 radical (unpaired) electrons. The molecule has 4 nitrogen and oxygen atoms in total. The van der Waals surface area contributed by atoms with Crippen molar-refractivity contribution in [1.82, 2.24) is 9.97 Å². The van der Waals surface area contributed by atoms with Gasteiger partial charge in [0.1, 0.15) is 18.2 Å². The van der Waals surface area contributed by atoms with Gasteiger partial charge in [0.15, 0.2) is 0 Å². The van der Waals surface area contributed by atoms with Crippen molar-refractivity contribution in [3.8, 4) is 17.1 Å². The van der Waals surface area contributed by atoms with Crippen LogP contribution in [0.3, 0.4) is 0 Å². The van der Waals surface area contributed by atoms with E-state index < -0.39 is 0 Å². The lowest BCUT2D eigenvalue weighted by Crippen LogP contribution is -2.10. The zero-order valence-electron chi connectivity index (χ0n) is 14.9. The first-order valence-corrected chi connectivity index (χ1v) is 9.63. The molecule has 0 fully saturated rings. The van der Waals surface area contributed by atoms with Crippen molar-refractivity contribution < 1.29 is 4.74 Å². The molecule has 4 rings (SSSR count). The van der Waals surface area contributed by atoms with Gasteiger partial charge in [-0.2, -0.15) is 0 Å². The first kappa shape index (κ1) is 18.2. The summed E-state index contributed by atoms with van der Waals surface area (Å²) in [6, 6.07) is 23.0. The van der Waals surface area contributed by atoms with E-state index in [0.717, 1.165) is 15.6 Å². The molecule has 0 aliphatic rings. The van der Waals surface area contributed by atoms with Gasteiger partial charge in [0.25, 0.3) is 5.56 Å². The topological polar surface area (TPSA) is 55.0 Å². The van der Waals surface area contributed by atoms with E-state index in [1.54, 1.807) is 6.07 Å². The van der Waals surface area contributed by atoms with Crippen LogP contribution < -0.4 is 10.3 Å². The SMILES string of the molecule is O=c1[nH]c(-c2cc(Br)ccc2OCC=Cc2ccccc2)nc2ccccc12. The van der Waals surface area contributed by atoms with Crippen molar-refractivity contribution in [1.29, 1.82) is 0 Å². The van der Waals surface area contributed by atoms with Gasteiger partial charge in [-0.05, 0) is 42.0 Å². The molecule has 1 N–H and O–H groups in total. The largest absolute Gasteiger partial charge is 0.489 e. The summed E-state index contributed by atoms with van der Waals surface area (Å²) in [6.45, 7) is 0.404. The van der Waals surface area contributed by atoms with Crippen LogP contribution in [0.2, 0.25) is 0 Å². The monoisotopic (exact) mass is 432 g/mol. The highest BCUT2D eigenvalue weighted by atomic mass is 79.9. The van der Waals surface area contributed by atoms with Gasteiger partial charge in [0, 0.05) is 4.47 Å². The van der Waals surface area contributed by atoms with E-state index in [4.69, 9.17) is 4.74 Å². The number of H-pyrrole nitrogens is 1. The van der Waals surface area contributed by atoms with Crippen LogP contribution in [-0.2, 0) is 0 Å². The highest BCUT2D eigenvalue weighted by Gasteiger charge is 2.11. The summed E-state index contributed by atoms with van der Waals surface area (Å²) in [6.07, 6.45) is 3.96. The Bertz CT molecular complexity index is 1200. The van der Waals surface area contributed by atoms with Crippen molar-refractivity contribution in [3.05, 3.63) is 99.3 Å². The van der Waals surface area contributed by atoms with E-state index in [9.17, 15) is 4.79 Å². The van der Waals surface area contributed by atoms with E-state index in [2.05, 4.69) is 25.9 Å². The maximum atomic E-state index is 12.4. The van der Waals surface area contributed by atoms with Crippen LogP contribution in [-0.4, -0.2) is 16.6 Å². The summed E-state index contributed by atoms with van der Waals surface area (Å²) in [5.74, 6) is 1.13. The molecule has 0 saturated heterocycles. The fraction of sp³-hybridized carbons (Fsp3) is 0.0435. The lowest BCUT2D eigenvalue weighted by molar-refractivity contribution is 0.365. The molecule has 3 aromatic carbocycles. The Morgan fingerprint density at radius 3 is 2.64 bits per heavy atom. The third-order valence-electron chi connectivity index (χ3n) is 4.25. The normalized spacial score (nSPS) is 11.2. The molecule has 4 aromatic rings. The minimum Gasteiger partial charge on any atom is -0.489 e. The number of aromatic amines is 1. The van der Waals surface area contributed by atoms with Crippen LogP contribution in [0.4, 0.5) is 0 Å². The number of hydrogen-bond donors (Lipinski definition) is 1. The zero-order chi connectivity index (χ0) is 19.3. The maximum absolute atomic E-state index is 12.4. The number of hydrogen-bond acceptors (Lipinski definition) is 3. The number of nitrogens with one attached hydrogen (secondary N) is 1. The smallest absolute Gasteiger partial charge is 0.259 e. The lowest BCUT2D eigenvalue weighted by Gasteiger charge is -2.11. The van der Waals surface area contributed by atoms with Gasteiger partial charge in [-0.1, -0.05) is 64.5 Å². The van der Waals surface area contributed by atoms with Gasteiger partial charge in [-0.25, -0.2) is 4.98 Å². The van der Waals surface area contributed by atoms with Gasteiger partial charge in [-0.15, -0.1) is 0 Å². The standard InChI is InChI=1S/C23H17BrN2O2/c24-17-12-13-21(28-14-6-9-16-7-2-1-3-8-16)19(15-17)22-25-20-11-5-4-10-18(20)23(27)26-22/h1-13,15H,14H2,(H,25,26,27). The van der Waals surface area contributed by atoms with Crippen molar-refractivity contribution in [3.63, 3.8) is 0 Å². The minimum absolute atomic E-state index is 0.171. The number of ether oxygens (including phenoxy) is 1. The Morgan fingerprint density at radius 2 is 1.79 bits per heavy atom. The second-order valence-electron chi connectivity index (χ2n) is 6.20. The molecule has 0 aliphatic carbocycles. The Labute approximate surface area is 170 Å². The summed E-state index contributed by atoms with van der Waals surface area (Å²) in [5.41, 5.74) is 2.32. The Hall–Kier alpha value is -3.18. The van der Waals surface area contributed by atoms with Gasteiger partial charge in [0.2, 0.25) is 0 Å². The molecule has 0 spiro atoms. The number of aromatic nitrogens is 2. The average Bonchev–Trinajstić information content (AvgIpc) is 2.73. The van der Waals surface area contributed by atoms with E-state index >= 15 is 0 Å². The highest BCUT2D eigenvalue weighted by molar-refractivity contribution is 9.10. The van der Waals surface area contributed by atoms with Gasteiger partial charge in [-0.3, -0.25) is 4.79 Å². The number of halogens is 1. The Kier molecular flexibility index (Phi) is 5.35. The third kappa shape index (κ3) is 4.05. The van der Waals surface area contributed by atoms with Crippen molar-refractivity contribution in [2.24, 2.45) is 0 Å². The van der Waals surface area contributed by atoms with Crippen LogP contribution in [0.1, 0.15) is 5.56 Å². The molecule has 138 valence electrons. The average molecular weight is 433 g/mol. The summed E-state index contributed by atoms with van der Waals surface area (Å²) in [5, 5.41) is 0.564. The number of fused-ring (bicyclic) bond motifs is 1. The first-order valence-electron chi connectivity index (χ1n) is 8.84. The first-order chi connectivity index (χ1) is 13.7. The van der Waals surface area contributed by atoms with E-state index in [-0.39, 0.29) is 5.56 Å². The molecule has 0 bridgehead atoms. The third-order valence-corrected chi connectivity index (χ3v) is 4.75. The molecule has 0 amide bonds. The molecule has 0 aliphatic heterocycles. The molecule has 1 heterocycles. The number of para-hydroxylation sites is 1. The quantitative estimate of drug-likeness (QED) is 0.456. The predicted molar refractivity (Wildman–Crippen MR) is 116 cm³/mol. The Balaban J connectivity index is 1.64. The second-order valence-corrected chi connectivity index (χ2v) is 7.11. The van der Waals surface area contributed by atoms with Gasteiger partial charge < -0.3 is 9.72 Å². The van der Waals surface area contributed by atoms with Gasteiger partial charge in [0.05, 0.1) is 16.5 Å². The summed E-state index contributed by atoms with van der Waals surface area (Å²) in [7, 11) is 0.